The molecule has 0 heterocycles. The summed E-state index contributed by atoms with van der Waals surface area (Å²) in [7, 11) is 0. The van der Waals surface area contributed by atoms with Crippen molar-refractivity contribution in [3.63, 3.8) is 0 Å². The quantitative estimate of drug-likeness (QED) is 0.254. The molecule has 38 heavy (non-hydrogen) atoms. The number of carbonyl (C=O) groups excluding carboxylic acids is 1. The number of benzene rings is 2. The molecule has 1 atom stereocenters. The van der Waals surface area contributed by atoms with E-state index in [-0.39, 0.29) is 25.2 Å². The van der Waals surface area contributed by atoms with Crippen molar-refractivity contribution in [2.75, 3.05) is 32.9 Å². The van der Waals surface area contributed by atoms with E-state index in [1.165, 1.54) is 0 Å². The highest BCUT2D eigenvalue weighted by atomic mass is 35.5. The molecule has 1 fully saturated rings. The molecule has 1 amide bonds. The summed E-state index contributed by atoms with van der Waals surface area (Å²) in [5.74, 6) is 0.214. The first kappa shape index (κ1) is 29.9. The normalized spacial score (nSPS) is 14.2. The summed E-state index contributed by atoms with van der Waals surface area (Å²) in [6.07, 6.45) is 3.53. The van der Waals surface area contributed by atoms with E-state index >= 15 is 0 Å². The number of halogens is 2. The average molecular weight is 568 g/mol. The van der Waals surface area contributed by atoms with Crippen LogP contribution in [0.15, 0.2) is 42.5 Å². The van der Waals surface area contributed by atoms with Crippen LogP contribution in [-0.4, -0.2) is 67.2 Å². The van der Waals surface area contributed by atoms with Crippen LogP contribution in [0.3, 0.4) is 0 Å². The van der Waals surface area contributed by atoms with E-state index in [9.17, 15) is 14.7 Å². The van der Waals surface area contributed by atoms with E-state index in [0.29, 0.717) is 54.3 Å². The van der Waals surface area contributed by atoms with Gasteiger partial charge in [-0.05, 0) is 74.9 Å². The SMILES string of the molecule is CCOC(Cc1ccc(OCCN(CCCOc2cc(Cl)cc(Cl)c2)C(=O)OC2CCCC2)cc1)C(=O)O. The van der Waals surface area contributed by atoms with Crippen LogP contribution < -0.4 is 9.47 Å². The maximum Gasteiger partial charge on any atom is 0.410 e. The van der Waals surface area contributed by atoms with Crippen molar-refractivity contribution in [1.82, 2.24) is 4.90 Å². The topological polar surface area (TPSA) is 94.5 Å². The number of hydrogen-bond acceptors (Lipinski definition) is 6. The van der Waals surface area contributed by atoms with E-state index < -0.39 is 12.1 Å². The minimum Gasteiger partial charge on any atom is -0.493 e. The first-order valence-corrected chi connectivity index (χ1v) is 13.7. The summed E-state index contributed by atoms with van der Waals surface area (Å²) in [6, 6.07) is 12.2. The lowest BCUT2D eigenvalue weighted by Crippen LogP contribution is -2.38. The molecular weight excluding hydrogens is 533 g/mol. The zero-order chi connectivity index (χ0) is 27.3. The first-order valence-electron chi connectivity index (χ1n) is 12.9. The van der Waals surface area contributed by atoms with Gasteiger partial charge in [0.1, 0.15) is 24.2 Å². The molecule has 0 aromatic heterocycles. The van der Waals surface area contributed by atoms with Gasteiger partial charge in [-0.25, -0.2) is 9.59 Å². The largest absolute Gasteiger partial charge is 0.493 e. The molecule has 2 aromatic rings. The molecule has 10 heteroatoms. The molecule has 1 N–H and O–H groups in total. The van der Waals surface area contributed by atoms with Crippen LogP contribution in [0.25, 0.3) is 0 Å². The van der Waals surface area contributed by atoms with Crippen molar-refractivity contribution >= 4 is 35.3 Å². The Kier molecular flexibility index (Phi) is 12.3. The Hall–Kier alpha value is -2.68. The van der Waals surface area contributed by atoms with Gasteiger partial charge in [-0.3, -0.25) is 0 Å². The predicted octanol–water partition coefficient (Wildman–Crippen LogP) is 6.25. The Labute approximate surface area is 233 Å². The number of carboxylic acid groups (broad SMARTS) is 1. The Morgan fingerprint density at radius 2 is 1.63 bits per heavy atom. The highest BCUT2D eigenvalue weighted by molar-refractivity contribution is 6.34. The molecule has 8 nitrogen and oxygen atoms in total. The monoisotopic (exact) mass is 567 g/mol. The molecule has 0 bridgehead atoms. The number of hydrogen-bond donors (Lipinski definition) is 1. The lowest BCUT2D eigenvalue weighted by molar-refractivity contribution is -0.149. The second kappa shape index (κ2) is 15.7. The molecule has 1 saturated carbocycles. The minimum absolute atomic E-state index is 0.0327. The Bertz CT molecular complexity index is 1010. The fraction of sp³-hybridized carbons (Fsp3) is 0.500. The van der Waals surface area contributed by atoms with Gasteiger partial charge in [0.05, 0.1) is 13.2 Å². The van der Waals surface area contributed by atoms with Crippen LogP contribution in [0.4, 0.5) is 4.79 Å². The second-order valence-electron chi connectivity index (χ2n) is 9.06. The smallest absolute Gasteiger partial charge is 0.410 e. The standard InChI is InChI=1S/C28H35Cl2NO7/c1-2-35-26(27(32)33)16-20-8-10-23(11-9-20)37-15-13-31(28(34)38-24-6-3-4-7-24)12-5-14-36-25-18-21(29)17-22(30)19-25/h8-11,17-19,24,26H,2-7,12-16H2,1H3,(H,32,33). The zero-order valence-electron chi connectivity index (χ0n) is 21.6. The van der Waals surface area contributed by atoms with Gasteiger partial charge in [-0.1, -0.05) is 35.3 Å². The van der Waals surface area contributed by atoms with Gasteiger partial charge in [-0.15, -0.1) is 0 Å². The van der Waals surface area contributed by atoms with Gasteiger partial charge < -0.3 is 29.0 Å². The number of ether oxygens (including phenoxy) is 4. The third-order valence-corrected chi connectivity index (χ3v) is 6.56. The average Bonchev–Trinajstić information content (AvgIpc) is 3.38. The van der Waals surface area contributed by atoms with Crippen LogP contribution in [0.1, 0.15) is 44.6 Å². The third kappa shape index (κ3) is 10.2. The predicted molar refractivity (Wildman–Crippen MR) is 146 cm³/mol. The van der Waals surface area contributed by atoms with Gasteiger partial charge in [0.15, 0.2) is 6.10 Å². The minimum atomic E-state index is -0.987. The molecule has 208 valence electrons. The van der Waals surface area contributed by atoms with Crippen LogP contribution in [-0.2, 0) is 20.7 Å². The Morgan fingerprint density at radius 3 is 2.26 bits per heavy atom. The molecule has 0 radical (unpaired) electrons. The van der Waals surface area contributed by atoms with Gasteiger partial charge in [0.25, 0.3) is 0 Å². The molecule has 0 spiro atoms. The van der Waals surface area contributed by atoms with Gasteiger partial charge in [-0.2, -0.15) is 0 Å². The lowest BCUT2D eigenvalue weighted by Gasteiger charge is -2.24. The van der Waals surface area contributed by atoms with Gasteiger partial charge >= 0.3 is 12.1 Å². The molecule has 3 rings (SSSR count). The van der Waals surface area contributed by atoms with E-state index in [2.05, 4.69) is 0 Å². The number of carbonyl (C=O) groups is 2. The highest BCUT2D eigenvalue weighted by Gasteiger charge is 2.23. The van der Waals surface area contributed by atoms with Gasteiger partial charge in [0.2, 0.25) is 0 Å². The van der Waals surface area contributed by atoms with E-state index in [1.54, 1.807) is 42.2 Å². The van der Waals surface area contributed by atoms with Crippen molar-refractivity contribution in [3.05, 3.63) is 58.1 Å². The summed E-state index contributed by atoms with van der Waals surface area (Å²) in [6.45, 7) is 3.55. The molecule has 1 aliphatic rings. The molecule has 1 unspecified atom stereocenters. The van der Waals surface area contributed by atoms with E-state index in [4.69, 9.17) is 42.1 Å². The molecule has 0 saturated heterocycles. The fourth-order valence-electron chi connectivity index (χ4n) is 4.20. The van der Waals surface area contributed by atoms with Crippen LogP contribution in [0, 0.1) is 0 Å². The van der Waals surface area contributed by atoms with Gasteiger partial charge in [0, 0.05) is 29.6 Å². The maximum atomic E-state index is 12.9. The zero-order valence-corrected chi connectivity index (χ0v) is 23.1. The number of carboxylic acids is 1. The first-order chi connectivity index (χ1) is 18.3. The van der Waals surface area contributed by atoms with Crippen molar-refractivity contribution in [3.8, 4) is 11.5 Å². The number of nitrogens with zero attached hydrogens (tertiary/aromatic N) is 1. The molecule has 0 aliphatic heterocycles. The highest BCUT2D eigenvalue weighted by Crippen LogP contribution is 2.25. The summed E-state index contributed by atoms with van der Waals surface area (Å²) in [5, 5.41) is 10.3. The van der Waals surface area contributed by atoms with E-state index in [0.717, 1.165) is 31.2 Å². The third-order valence-electron chi connectivity index (χ3n) is 6.12. The van der Waals surface area contributed by atoms with Crippen molar-refractivity contribution in [1.29, 1.82) is 0 Å². The van der Waals surface area contributed by atoms with Crippen molar-refractivity contribution < 1.29 is 33.6 Å². The van der Waals surface area contributed by atoms with E-state index in [1.807, 2.05) is 12.1 Å². The maximum absolute atomic E-state index is 12.9. The summed E-state index contributed by atoms with van der Waals surface area (Å²) >= 11 is 12.0. The number of amides is 1. The number of rotatable bonds is 15. The van der Waals surface area contributed by atoms with Crippen molar-refractivity contribution in [2.24, 2.45) is 0 Å². The van der Waals surface area contributed by atoms with Crippen LogP contribution >= 0.6 is 23.2 Å². The van der Waals surface area contributed by atoms with Crippen molar-refractivity contribution in [2.45, 2.75) is 57.7 Å². The summed E-state index contributed by atoms with van der Waals surface area (Å²) < 4.78 is 22.6. The van der Waals surface area contributed by atoms with Crippen LogP contribution in [0.5, 0.6) is 11.5 Å². The number of aliphatic carboxylic acids is 1. The molecular formula is C28H35Cl2NO7. The van der Waals surface area contributed by atoms with Crippen LogP contribution in [0.2, 0.25) is 10.0 Å². The summed E-state index contributed by atoms with van der Waals surface area (Å²) in [4.78, 5) is 25.8. The molecule has 2 aromatic carbocycles. The lowest BCUT2D eigenvalue weighted by atomic mass is 10.1. The Morgan fingerprint density at radius 1 is 0.974 bits per heavy atom. The molecule has 1 aliphatic carbocycles. The second-order valence-corrected chi connectivity index (χ2v) is 9.94. The fourth-order valence-corrected chi connectivity index (χ4v) is 4.71. The Balaban J connectivity index is 1.49. The summed E-state index contributed by atoms with van der Waals surface area (Å²) in [5.41, 5.74) is 0.834.